The SMILES string of the molecule is CC1SCC(C(=O)O)N1C(=O)CCn1ccnn1. The number of aryl methyl sites for hydroxylation is 1. The minimum atomic E-state index is -0.944. The normalized spacial score (nSPS) is 23.3. The van der Waals surface area contributed by atoms with Crippen molar-refractivity contribution in [2.24, 2.45) is 0 Å². The van der Waals surface area contributed by atoms with Crippen molar-refractivity contribution in [3.8, 4) is 0 Å². The Balaban J connectivity index is 1.96. The number of carboxylic acids is 1. The van der Waals surface area contributed by atoms with E-state index in [2.05, 4.69) is 10.3 Å². The summed E-state index contributed by atoms with van der Waals surface area (Å²) in [6.45, 7) is 2.26. The first-order valence-electron chi connectivity index (χ1n) is 5.59. The molecule has 0 spiro atoms. The second-order valence-corrected chi connectivity index (χ2v) is 5.35. The molecule has 1 aromatic rings. The first-order chi connectivity index (χ1) is 8.59. The Labute approximate surface area is 108 Å². The zero-order chi connectivity index (χ0) is 13.1. The van der Waals surface area contributed by atoms with E-state index in [-0.39, 0.29) is 17.7 Å². The summed E-state index contributed by atoms with van der Waals surface area (Å²) in [6, 6.07) is -0.715. The number of hydrogen-bond donors (Lipinski definition) is 1. The summed E-state index contributed by atoms with van der Waals surface area (Å²) in [5.74, 6) is -0.651. The lowest BCUT2D eigenvalue weighted by Crippen LogP contribution is -2.45. The summed E-state index contributed by atoms with van der Waals surface area (Å²) >= 11 is 1.48. The number of amides is 1. The van der Waals surface area contributed by atoms with Gasteiger partial charge >= 0.3 is 5.97 Å². The molecular formula is C10H14N4O3S. The van der Waals surface area contributed by atoms with Crippen LogP contribution in [-0.4, -0.2) is 54.0 Å². The van der Waals surface area contributed by atoms with Gasteiger partial charge in [0, 0.05) is 18.4 Å². The van der Waals surface area contributed by atoms with E-state index >= 15 is 0 Å². The second kappa shape index (κ2) is 5.38. The van der Waals surface area contributed by atoms with Crippen molar-refractivity contribution in [3.05, 3.63) is 12.4 Å². The van der Waals surface area contributed by atoms with Crippen LogP contribution in [-0.2, 0) is 16.1 Å². The van der Waals surface area contributed by atoms with Crippen molar-refractivity contribution in [3.63, 3.8) is 0 Å². The van der Waals surface area contributed by atoms with Crippen molar-refractivity contribution in [2.75, 3.05) is 5.75 Å². The van der Waals surface area contributed by atoms with Gasteiger partial charge in [-0.2, -0.15) is 0 Å². The fraction of sp³-hybridized carbons (Fsp3) is 0.600. The Hall–Kier alpha value is -1.57. The van der Waals surface area contributed by atoms with Gasteiger partial charge in [-0.05, 0) is 6.92 Å². The number of rotatable bonds is 4. The van der Waals surface area contributed by atoms with Gasteiger partial charge in [-0.15, -0.1) is 16.9 Å². The third-order valence-corrected chi connectivity index (χ3v) is 4.04. The van der Waals surface area contributed by atoms with E-state index < -0.39 is 12.0 Å². The van der Waals surface area contributed by atoms with Crippen LogP contribution < -0.4 is 0 Å². The summed E-state index contributed by atoms with van der Waals surface area (Å²) in [7, 11) is 0. The molecule has 1 N–H and O–H groups in total. The second-order valence-electron chi connectivity index (χ2n) is 4.00. The van der Waals surface area contributed by atoms with Crippen molar-refractivity contribution in [1.82, 2.24) is 19.9 Å². The maximum Gasteiger partial charge on any atom is 0.327 e. The molecule has 7 nitrogen and oxygen atoms in total. The number of thioether (sulfide) groups is 1. The molecule has 1 fully saturated rings. The highest BCUT2D eigenvalue weighted by Gasteiger charge is 2.38. The molecule has 0 aromatic carbocycles. The number of carbonyl (C=O) groups excluding carboxylic acids is 1. The molecule has 18 heavy (non-hydrogen) atoms. The molecule has 1 aliphatic rings. The molecule has 2 unspecified atom stereocenters. The van der Waals surface area contributed by atoms with Gasteiger partial charge < -0.3 is 10.0 Å². The van der Waals surface area contributed by atoms with E-state index in [9.17, 15) is 9.59 Å². The minimum absolute atomic E-state index is 0.0886. The van der Waals surface area contributed by atoms with E-state index in [1.807, 2.05) is 6.92 Å². The molecule has 0 saturated carbocycles. The average Bonchev–Trinajstić information content (AvgIpc) is 2.94. The van der Waals surface area contributed by atoms with E-state index in [1.165, 1.54) is 16.7 Å². The first-order valence-corrected chi connectivity index (χ1v) is 6.64. The van der Waals surface area contributed by atoms with Gasteiger partial charge in [-0.1, -0.05) is 5.21 Å². The largest absolute Gasteiger partial charge is 0.480 e. The van der Waals surface area contributed by atoms with Gasteiger partial charge in [0.25, 0.3) is 0 Å². The molecule has 0 aliphatic carbocycles. The fourth-order valence-electron chi connectivity index (χ4n) is 1.90. The lowest BCUT2D eigenvalue weighted by atomic mass is 10.2. The van der Waals surface area contributed by atoms with E-state index in [4.69, 9.17) is 5.11 Å². The topological polar surface area (TPSA) is 88.3 Å². The highest BCUT2D eigenvalue weighted by molar-refractivity contribution is 8.00. The van der Waals surface area contributed by atoms with Crippen LogP contribution in [0.5, 0.6) is 0 Å². The molecular weight excluding hydrogens is 256 g/mol. The van der Waals surface area contributed by atoms with Gasteiger partial charge in [0.15, 0.2) is 0 Å². The van der Waals surface area contributed by atoms with Crippen LogP contribution in [0.3, 0.4) is 0 Å². The zero-order valence-corrected chi connectivity index (χ0v) is 10.7. The maximum atomic E-state index is 12.1. The van der Waals surface area contributed by atoms with E-state index in [0.717, 1.165) is 0 Å². The van der Waals surface area contributed by atoms with E-state index in [0.29, 0.717) is 12.3 Å². The minimum Gasteiger partial charge on any atom is -0.480 e. The lowest BCUT2D eigenvalue weighted by molar-refractivity contribution is -0.149. The summed E-state index contributed by atoms with van der Waals surface area (Å²) in [6.07, 6.45) is 3.45. The van der Waals surface area contributed by atoms with E-state index in [1.54, 1.807) is 17.1 Å². The quantitative estimate of drug-likeness (QED) is 0.831. The summed E-state index contributed by atoms with van der Waals surface area (Å²) < 4.78 is 1.56. The molecule has 8 heteroatoms. The number of carboxylic acid groups (broad SMARTS) is 1. The van der Waals surface area contributed by atoms with Crippen LogP contribution in [0.1, 0.15) is 13.3 Å². The van der Waals surface area contributed by atoms with Crippen molar-refractivity contribution < 1.29 is 14.7 Å². The standard InChI is InChI=1S/C10H14N4O3S/c1-7-14(8(6-18-7)10(16)17)9(15)2-4-13-5-3-11-12-13/h3,5,7-8H,2,4,6H2,1H3,(H,16,17). The van der Waals surface area contributed by atoms with Gasteiger partial charge in [-0.25, -0.2) is 4.79 Å². The molecule has 1 aliphatic heterocycles. The van der Waals surface area contributed by atoms with Gasteiger partial charge in [0.1, 0.15) is 6.04 Å². The highest BCUT2D eigenvalue weighted by atomic mass is 32.2. The third kappa shape index (κ3) is 2.63. The summed E-state index contributed by atoms with van der Waals surface area (Å²) in [5, 5.41) is 16.4. The molecule has 1 aromatic heterocycles. The van der Waals surface area contributed by atoms with Crippen molar-refractivity contribution >= 4 is 23.6 Å². The summed E-state index contributed by atoms with van der Waals surface area (Å²) in [4.78, 5) is 24.6. The number of aromatic nitrogens is 3. The Bertz CT molecular complexity index is 436. The Kier molecular flexibility index (Phi) is 3.85. The number of carbonyl (C=O) groups is 2. The van der Waals surface area contributed by atoms with Crippen LogP contribution >= 0.6 is 11.8 Å². The van der Waals surface area contributed by atoms with Gasteiger partial charge in [0.2, 0.25) is 5.91 Å². The molecule has 0 bridgehead atoms. The van der Waals surface area contributed by atoms with Crippen LogP contribution in [0.4, 0.5) is 0 Å². The smallest absolute Gasteiger partial charge is 0.327 e. The van der Waals surface area contributed by atoms with Crippen LogP contribution in [0, 0.1) is 0 Å². The Morgan fingerprint density at radius 2 is 2.33 bits per heavy atom. The zero-order valence-electron chi connectivity index (χ0n) is 9.89. The predicted molar refractivity (Wildman–Crippen MR) is 64.8 cm³/mol. The van der Waals surface area contributed by atoms with Crippen molar-refractivity contribution in [1.29, 1.82) is 0 Å². The van der Waals surface area contributed by atoms with Gasteiger partial charge in [0.05, 0.1) is 18.1 Å². The van der Waals surface area contributed by atoms with Crippen LogP contribution in [0.15, 0.2) is 12.4 Å². The molecule has 98 valence electrons. The first kappa shape index (κ1) is 12.9. The fourth-order valence-corrected chi connectivity index (χ4v) is 3.09. The number of nitrogens with zero attached hydrogens (tertiary/aromatic N) is 4. The van der Waals surface area contributed by atoms with Gasteiger partial charge in [-0.3, -0.25) is 9.48 Å². The maximum absolute atomic E-state index is 12.1. The molecule has 2 heterocycles. The number of aliphatic carboxylic acids is 1. The molecule has 1 amide bonds. The molecule has 1 saturated heterocycles. The third-order valence-electron chi connectivity index (χ3n) is 2.82. The lowest BCUT2D eigenvalue weighted by Gasteiger charge is -2.24. The monoisotopic (exact) mass is 270 g/mol. The predicted octanol–water partition coefficient (Wildman–Crippen LogP) is 0.0428. The molecule has 2 rings (SSSR count). The van der Waals surface area contributed by atoms with Crippen LogP contribution in [0.2, 0.25) is 0 Å². The molecule has 2 atom stereocenters. The highest BCUT2D eigenvalue weighted by Crippen LogP contribution is 2.29. The summed E-state index contributed by atoms with van der Waals surface area (Å²) in [5.41, 5.74) is 0. The molecule has 0 radical (unpaired) electrons. The van der Waals surface area contributed by atoms with Crippen molar-refractivity contribution in [2.45, 2.75) is 31.3 Å². The van der Waals surface area contributed by atoms with Crippen LogP contribution in [0.25, 0.3) is 0 Å². The Morgan fingerprint density at radius 3 is 2.94 bits per heavy atom. The number of hydrogen-bond acceptors (Lipinski definition) is 5. The average molecular weight is 270 g/mol. The Morgan fingerprint density at radius 1 is 1.56 bits per heavy atom.